The largest absolute Gasteiger partial charge is 0.388 e. The van der Waals surface area contributed by atoms with E-state index in [0.29, 0.717) is 24.2 Å². The summed E-state index contributed by atoms with van der Waals surface area (Å²) in [5.41, 5.74) is 0.984. The van der Waals surface area contributed by atoms with Gasteiger partial charge in [0.05, 0.1) is 22.9 Å². The van der Waals surface area contributed by atoms with Gasteiger partial charge in [-0.3, -0.25) is 14.3 Å². The highest BCUT2D eigenvalue weighted by Crippen LogP contribution is 2.35. The number of hydrogen-bond acceptors (Lipinski definition) is 4. The van der Waals surface area contributed by atoms with E-state index in [0.717, 1.165) is 18.4 Å². The van der Waals surface area contributed by atoms with Gasteiger partial charge >= 0.3 is 0 Å². The maximum absolute atomic E-state index is 13.1. The van der Waals surface area contributed by atoms with Crippen LogP contribution in [-0.4, -0.2) is 50.8 Å². The molecule has 0 bridgehead atoms. The molecule has 1 aliphatic carbocycles. The molecule has 0 unspecified atom stereocenters. The summed E-state index contributed by atoms with van der Waals surface area (Å²) >= 11 is 0. The minimum atomic E-state index is -0.967. The van der Waals surface area contributed by atoms with Crippen molar-refractivity contribution >= 4 is 11.8 Å². The second-order valence-corrected chi connectivity index (χ2v) is 8.28. The van der Waals surface area contributed by atoms with Crippen molar-refractivity contribution in [1.29, 1.82) is 0 Å². The maximum atomic E-state index is 13.1. The summed E-state index contributed by atoms with van der Waals surface area (Å²) in [5, 5.41) is 18.6. The fraction of sp³-hybridized carbons (Fsp3) is 0.435. The van der Waals surface area contributed by atoms with E-state index in [-0.39, 0.29) is 24.3 Å². The highest BCUT2D eigenvalue weighted by molar-refractivity contribution is 5.95. The molecule has 2 aromatic rings. The molecule has 7 nitrogen and oxygen atoms in total. The molecule has 2 atom stereocenters. The van der Waals surface area contributed by atoms with Crippen LogP contribution in [0, 0.1) is 12.8 Å². The van der Waals surface area contributed by atoms with E-state index in [9.17, 15) is 14.7 Å². The number of aromatic nitrogens is 2. The predicted molar refractivity (Wildman–Crippen MR) is 113 cm³/mol. The van der Waals surface area contributed by atoms with Gasteiger partial charge in [0, 0.05) is 32.3 Å². The molecule has 2 amide bonds. The van der Waals surface area contributed by atoms with Gasteiger partial charge < -0.3 is 15.3 Å². The van der Waals surface area contributed by atoms with Crippen molar-refractivity contribution in [2.75, 3.05) is 13.1 Å². The fourth-order valence-corrected chi connectivity index (χ4v) is 4.59. The van der Waals surface area contributed by atoms with E-state index in [4.69, 9.17) is 0 Å². The number of likely N-dealkylation sites (tertiary alicyclic amines) is 1. The molecule has 7 heteroatoms. The van der Waals surface area contributed by atoms with Crippen LogP contribution in [0.15, 0.2) is 48.7 Å². The molecule has 0 spiro atoms. The van der Waals surface area contributed by atoms with Gasteiger partial charge in [0.1, 0.15) is 0 Å². The van der Waals surface area contributed by atoms with Crippen LogP contribution in [0.3, 0.4) is 0 Å². The van der Waals surface area contributed by atoms with Crippen molar-refractivity contribution in [1.82, 2.24) is 20.0 Å². The molecule has 0 radical (unpaired) electrons. The number of hydrogen-bond donors (Lipinski definition) is 2. The van der Waals surface area contributed by atoms with Crippen LogP contribution in [0.5, 0.6) is 0 Å². The van der Waals surface area contributed by atoms with Gasteiger partial charge in [0.2, 0.25) is 5.91 Å². The molecule has 158 valence electrons. The Morgan fingerprint density at radius 2 is 1.90 bits per heavy atom. The van der Waals surface area contributed by atoms with Gasteiger partial charge in [-0.1, -0.05) is 42.5 Å². The zero-order chi connectivity index (χ0) is 21.3. The Kier molecular flexibility index (Phi) is 5.47. The Balaban J connectivity index is 1.60. The Bertz CT molecular complexity index is 960. The number of aliphatic hydroxyl groups excluding tert-OH is 1. The van der Waals surface area contributed by atoms with Crippen LogP contribution in [0.4, 0.5) is 0 Å². The predicted octanol–water partition coefficient (Wildman–Crippen LogP) is 1.91. The highest BCUT2D eigenvalue weighted by atomic mass is 16.3. The Morgan fingerprint density at radius 1 is 1.20 bits per heavy atom. The summed E-state index contributed by atoms with van der Waals surface area (Å²) in [5.74, 6) is -0.229. The Hall–Kier alpha value is -2.93. The molecule has 1 aromatic carbocycles. The number of rotatable bonds is 4. The molecular formula is C23H28N4O3. The van der Waals surface area contributed by atoms with Gasteiger partial charge in [-0.05, 0) is 31.7 Å². The number of carbonyl (C=O) groups is 2. The minimum Gasteiger partial charge on any atom is -0.388 e. The van der Waals surface area contributed by atoms with Crippen molar-refractivity contribution in [3.05, 3.63) is 65.5 Å². The molecule has 1 aromatic heterocycles. The van der Waals surface area contributed by atoms with Crippen molar-refractivity contribution < 1.29 is 14.7 Å². The minimum absolute atomic E-state index is 0.0333. The number of amides is 2. The molecule has 4 rings (SSSR count). The number of aliphatic hydroxyl groups is 1. The molecule has 0 saturated carbocycles. The first-order chi connectivity index (χ1) is 14.4. The van der Waals surface area contributed by atoms with Gasteiger partial charge in [-0.25, -0.2) is 0 Å². The molecule has 2 aliphatic rings. The van der Waals surface area contributed by atoms with Crippen LogP contribution in [-0.2, 0) is 17.4 Å². The molecule has 1 aliphatic heterocycles. The van der Waals surface area contributed by atoms with Crippen LogP contribution in [0.1, 0.15) is 40.9 Å². The second-order valence-electron chi connectivity index (χ2n) is 8.28. The van der Waals surface area contributed by atoms with Crippen molar-refractivity contribution in [2.45, 2.75) is 37.8 Å². The lowest BCUT2D eigenvalue weighted by Crippen LogP contribution is -2.63. The summed E-state index contributed by atoms with van der Waals surface area (Å²) in [6.07, 6.45) is 6.78. The Morgan fingerprint density at radius 3 is 2.50 bits per heavy atom. The van der Waals surface area contributed by atoms with Gasteiger partial charge in [0.15, 0.2) is 0 Å². The van der Waals surface area contributed by atoms with E-state index in [1.165, 1.54) is 0 Å². The first-order valence-corrected chi connectivity index (χ1v) is 10.4. The number of β-amino-alcohol motifs (C(OH)–C–C–N with tert-alkyl or cyclic N) is 1. The van der Waals surface area contributed by atoms with Crippen LogP contribution < -0.4 is 5.32 Å². The lowest BCUT2D eigenvalue weighted by atomic mass is 9.78. The number of carbonyl (C=O) groups excluding carboxylic acids is 2. The summed E-state index contributed by atoms with van der Waals surface area (Å²) < 4.78 is 1.60. The number of nitrogens with one attached hydrogen (secondary N) is 1. The average molecular weight is 409 g/mol. The summed E-state index contributed by atoms with van der Waals surface area (Å²) in [6.45, 7) is 2.46. The van der Waals surface area contributed by atoms with Gasteiger partial charge in [-0.15, -0.1) is 0 Å². The fourth-order valence-electron chi connectivity index (χ4n) is 4.59. The van der Waals surface area contributed by atoms with E-state index < -0.39 is 11.6 Å². The van der Waals surface area contributed by atoms with Crippen molar-refractivity contribution in [2.24, 2.45) is 13.0 Å². The van der Waals surface area contributed by atoms with Crippen LogP contribution in [0.25, 0.3) is 0 Å². The zero-order valence-electron chi connectivity index (χ0n) is 17.4. The van der Waals surface area contributed by atoms with E-state index >= 15 is 0 Å². The number of nitrogens with zero attached hydrogens (tertiary/aromatic N) is 3. The van der Waals surface area contributed by atoms with E-state index in [1.54, 1.807) is 29.7 Å². The SMILES string of the molecule is Cc1nn(C)cc1C(=O)N[C@]1(c2ccccc2)CCN(C(=O)C2CC=CC2)C[C@H]1O. The molecule has 2 N–H and O–H groups in total. The number of benzene rings is 1. The third-order valence-electron chi connectivity index (χ3n) is 6.29. The van der Waals surface area contributed by atoms with Gasteiger partial charge in [-0.2, -0.15) is 5.10 Å². The summed E-state index contributed by atoms with van der Waals surface area (Å²) in [6, 6.07) is 9.53. The second kappa shape index (κ2) is 8.07. The molecule has 1 fully saturated rings. The summed E-state index contributed by atoms with van der Waals surface area (Å²) in [7, 11) is 1.77. The summed E-state index contributed by atoms with van der Waals surface area (Å²) in [4.78, 5) is 27.7. The third kappa shape index (κ3) is 3.65. The van der Waals surface area contributed by atoms with Gasteiger partial charge in [0.25, 0.3) is 5.91 Å². The molecule has 30 heavy (non-hydrogen) atoms. The standard InChI is InChI=1S/C23H28N4O3/c1-16-19(14-26(2)25-16)21(29)24-23(18-10-4-3-5-11-18)12-13-27(15-20(23)28)22(30)17-8-6-7-9-17/h3-7,10-11,14,17,20,28H,8-9,12-13,15H2,1-2H3,(H,24,29)/t20-,23+/m1/s1. The third-order valence-corrected chi connectivity index (χ3v) is 6.29. The maximum Gasteiger partial charge on any atom is 0.255 e. The average Bonchev–Trinajstić information content (AvgIpc) is 3.39. The molecule has 1 saturated heterocycles. The first kappa shape index (κ1) is 20.3. The van der Waals surface area contributed by atoms with E-state index in [2.05, 4.69) is 10.4 Å². The van der Waals surface area contributed by atoms with Crippen LogP contribution in [0.2, 0.25) is 0 Å². The van der Waals surface area contributed by atoms with Crippen LogP contribution >= 0.6 is 0 Å². The lowest BCUT2D eigenvalue weighted by Gasteiger charge is -2.46. The number of aryl methyl sites for hydroxylation is 2. The number of piperidine rings is 1. The normalized spacial score (nSPS) is 24.2. The molecular weight excluding hydrogens is 380 g/mol. The smallest absolute Gasteiger partial charge is 0.255 e. The monoisotopic (exact) mass is 408 g/mol. The van der Waals surface area contributed by atoms with E-state index in [1.807, 2.05) is 42.5 Å². The molecule has 2 heterocycles. The first-order valence-electron chi connectivity index (χ1n) is 10.4. The lowest BCUT2D eigenvalue weighted by molar-refractivity contribution is -0.141. The number of allylic oxidation sites excluding steroid dienone is 2. The quantitative estimate of drug-likeness (QED) is 0.757. The van der Waals surface area contributed by atoms with Crippen molar-refractivity contribution in [3.63, 3.8) is 0 Å². The zero-order valence-corrected chi connectivity index (χ0v) is 17.4. The Labute approximate surface area is 176 Å². The van der Waals surface area contributed by atoms with Crippen molar-refractivity contribution in [3.8, 4) is 0 Å². The highest BCUT2D eigenvalue weighted by Gasteiger charge is 2.46. The topological polar surface area (TPSA) is 87.5 Å².